The first-order chi connectivity index (χ1) is 11.4. The molecule has 3 heterocycles. The van der Waals surface area contributed by atoms with Crippen LogP contribution in [0.5, 0.6) is 0 Å². The van der Waals surface area contributed by atoms with E-state index in [1.807, 2.05) is 6.20 Å². The number of carbonyl (C=O) groups is 1. The van der Waals surface area contributed by atoms with Gasteiger partial charge in [0.15, 0.2) is 0 Å². The molecule has 1 aromatic heterocycles. The Hall–Kier alpha value is -1.36. The van der Waals surface area contributed by atoms with Gasteiger partial charge in [0.25, 0.3) is 0 Å². The number of fused-ring (bicyclic) bond motifs is 1. The molecule has 0 radical (unpaired) electrons. The van der Waals surface area contributed by atoms with E-state index in [0.717, 1.165) is 32.5 Å². The van der Waals surface area contributed by atoms with E-state index >= 15 is 0 Å². The van der Waals surface area contributed by atoms with Crippen molar-refractivity contribution in [2.75, 3.05) is 13.1 Å². The summed E-state index contributed by atoms with van der Waals surface area (Å²) in [5.74, 6) is 0.238. The summed E-state index contributed by atoms with van der Waals surface area (Å²) in [6.45, 7) is 11.4. The molecular weight excluding hydrogens is 300 g/mol. The van der Waals surface area contributed by atoms with Gasteiger partial charge >= 0.3 is 0 Å². The minimum absolute atomic E-state index is 0.0784. The van der Waals surface area contributed by atoms with Gasteiger partial charge in [0, 0.05) is 48.8 Å². The Morgan fingerprint density at radius 1 is 1.21 bits per heavy atom. The first kappa shape index (κ1) is 17.5. The molecule has 0 spiro atoms. The highest BCUT2D eigenvalue weighted by molar-refractivity contribution is 5.74. The first-order valence-electron chi connectivity index (χ1n) is 9.42. The third kappa shape index (κ3) is 3.51. The topological polar surface area (TPSA) is 52.2 Å². The molecule has 2 aliphatic rings. The van der Waals surface area contributed by atoms with Crippen LogP contribution in [-0.2, 0) is 16.8 Å². The number of H-pyrrole nitrogens is 1. The molecule has 2 saturated heterocycles. The normalized spacial score (nSPS) is 26.1. The third-order valence-corrected chi connectivity index (χ3v) is 5.67. The van der Waals surface area contributed by atoms with Gasteiger partial charge in [0.05, 0.1) is 6.20 Å². The molecule has 2 fully saturated rings. The Balaban J connectivity index is 1.81. The largest absolute Gasteiger partial charge is 0.338 e. The van der Waals surface area contributed by atoms with Crippen molar-refractivity contribution in [1.82, 2.24) is 20.0 Å². The van der Waals surface area contributed by atoms with Gasteiger partial charge in [-0.25, -0.2) is 0 Å². The highest BCUT2D eigenvalue weighted by Crippen LogP contribution is 2.32. The van der Waals surface area contributed by atoms with Crippen molar-refractivity contribution >= 4 is 5.91 Å². The fourth-order valence-electron chi connectivity index (χ4n) is 4.51. The Kier molecular flexibility index (Phi) is 5.00. The van der Waals surface area contributed by atoms with Gasteiger partial charge in [0.1, 0.15) is 0 Å². The molecule has 0 aliphatic carbocycles. The number of nitrogens with zero attached hydrogens (tertiary/aromatic N) is 3. The molecule has 2 aliphatic heterocycles. The quantitative estimate of drug-likeness (QED) is 0.905. The van der Waals surface area contributed by atoms with Gasteiger partial charge in [-0.1, -0.05) is 33.6 Å². The molecule has 24 heavy (non-hydrogen) atoms. The van der Waals surface area contributed by atoms with Gasteiger partial charge in [-0.15, -0.1) is 0 Å². The number of aromatic amines is 1. The zero-order valence-corrected chi connectivity index (χ0v) is 15.6. The van der Waals surface area contributed by atoms with Crippen molar-refractivity contribution < 1.29 is 4.79 Å². The lowest BCUT2D eigenvalue weighted by atomic mass is 9.89. The lowest BCUT2D eigenvalue weighted by Crippen LogP contribution is -2.47. The minimum Gasteiger partial charge on any atom is -0.338 e. The molecule has 1 aromatic rings. The second kappa shape index (κ2) is 6.87. The van der Waals surface area contributed by atoms with E-state index in [1.165, 1.54) is 30.5 Å². The summed E-state index contributed by atoms with van der Waals surface area (Å²) in [6.07, 6.45) is 8.02. The van der Waals surface area contributed by atoms with Crippen LogP contribution in [-0.4, -0.2) is 51.1 Å². The summed E-state index contributed by atoms with van der Waals surface area (Å²) in [7, 11) is 0. The fraction of sp³-hybridized carbons (Fsp3) is 0.789. The van der Waals surface area contributed by atoms with Crippen LogP contribution in [0.2, 0.25) is 0 Å². The number of amides is 1. The molecule has 1 amide bonds. The number of likely N-dealkylation sites (tertiary alicyclic amines) is 2. The number of aromatic nitrogens is 2. The Labute approximate surface area is 145 Å². The summed E-state index contributed by atoms with van der Waals surface area (Å²) in [5.41, 5.74) is 2.63. The van der Waals surface area contributed by atoms with E-state index in [9.17, 15) is 4.79 Å². The average Bonchev–Trinajstić information content (AvgIpc) is 3.08. The Morgan fingerprint density at radius 2 is 2.00 bits per heavy atom. The Bertz CT molecular complexity index is 574. The monoisotopic (exact) mass is 332 g/mol. The van der Waals surface area contributed by atoms with E-state index in [4.69, 9.17) is 0 Å². The molecule has 0 aromatic carbocycles. The predicted molar refractivity (Wildman–Crippen MR) is 95.7 cm³/mol. The molecule has 2 atom stereocenters. The lowest BCUT2D eigenvalue weighted by Gasteiger charge is -2.37. The average molecular weight is 332 g/mol. The lowest BCUT2D eigenvalue weighted by molar-refractivity contribution is -0.130. The van der Waals surface area contributed by atoms with Crippen molar-refractivity contribution in [2.24, 2.45) is 0 Å². The molecule has 0 saturated carbocycles. The Morgan fingerprint density at radius 3 is 2.71 bits per heavy atom. The predicted octanol–water partition coefficient (Wildman–Crippen LogP) is 3.07. The molecule has 0 bridgehead atoms. The van der Waals surface area contributed by atoms with Crippen LogP contribution < -0.4 is 0 Å². The van der Waals surface area contributed by atoms with Gasteiger partial charge in [-0.3, -0.25) is 14.8 Å². The third-order valence-electron chi connectivity index (χ3n) is 5.67. The molecule has 5 nitrogen and oxygen atoms in total. The number of rotatable bonds is 2. The van der Waals surface area contributed by atoms with Crippen LogP contribution in [0, 0.1) is 0 Å². The van der Waals surface area contributed by atoms with Crippen molar-refractivity contribution in [3.63, 3.8) is 0 Å². The maximum absolute atomic E-state index is 12.0. The number of hydrogen-bond acceptors (Lipinski definition) is 3. The van der Waals surface area contributed by atoms with Gasteiger partial charge < -0.3 is 4.90 Å². The molecule has 1 N–H and O–H groups in total. The molecular formula is C19H32N4O. The SMILES string of the molecule is CC(=O)N1CC[C@H]2[C@H]1CCCCCN2Cc1cn[nH]c1C(C)(C)C. The van der Waals surface area contributed by atoms with Crippen molar-refractivity contribution in [1.29, 1.82) is 0 Å². The van der Waals surface area contributed by atoms with Gasteiger partial charge in [-0.2, -0.15) is 5.10 Å². The minimum atomic E-state index is 0.0784. The van der Waals surface area contributed by atoms with E-state index < -0.39 is 0 Å². The van der Waals surface area contributed by atoms with E-state index in [2.05, 4.69) is 40.8 Å². The van der Waals surface area contributed by atoms with Gasteiger partial charge in [0.2, 0.25) is 5.91 Å². The maximum Gasteiger partial charge on any atom is 0.219 e. The number of hydrogen-bond donors (Lipinski definition) is 1. The van der Waals surface area contributed by atoms with Crippen LogP contribution in [0.15, 0.2) is 6.20 Å². The summed E-state index contributed by atoms with van der Waals surface area (Å²) in [6, 6.07) is 0.893. The second-order valence-corrected chi connectivity index (χ2v) is 8.48. The van der Waals surface area contributed by atoms with Crippen LogP contribution >= 0.6 is 0 Å². The van der Waals surface area contributed by atoms with E-state index in [0.29, 0.717) is 12.1 Å². The molecule has 3 rings (SSSR count). The summed E-state index contributed by atoms with van der Waals surface area (Å²) in [5, 5.41) is 7.52. The zero-order chi connectivity index (χ0) is 17.3. The first-order valence-corrected chi connectivity index (χ1v) is 9.42. The highest BCUT2D eigenvalue weighted by atomic mass is 16.2. The molecule has 134 valence electrons. The smallest absolute Gasteiger partial charge is 0.219 e. The van der Waals surface area contributed by atoms with Crippen LogP contribution in [0.1, 0.15) is 71.1 Å². The van der Waals surface area contributed by atoms with Crippen LogP contribution in [0.4, 0.5) is 0 Å². The van der Waals surface area contributed by atoms with Crippen LogP contribution in [0.25, 0.3) is 0 Å². The van der Waals surface area contributed by atoms with E-state index in [-0.39, 0.29) is 11.3 Å². The second-order valence-electron chi connectivity index (χ2n) is 8.48. The summed E-state index contributed by atoms with van der Waals surface area (Å²) in [4.78, 5) is 16.7. The fourth-order valence-corrected chi connectivity index (χ4v) is 4.51. The van der Waals surface area contributed by atoms with Crippen molar-refractivity contribution in [2.45, 2.75) is 83.8 Å². The zero-order valence-electron chi connectivity index (χ0n) is 15.6. The van der Waals surface area contributed by atoms with Crippen molar-refractivity contribution in [3.8, 4) is 0 Å². The van der Waals surface area contributed by atoms with Crippen molar-refractivity contribution in [3.05, 3.63) is 17.5 Å². The maximum atomic E-state index is 12.0. The number of nitrogens with one attached hydrogen (secondary N) is 1. The molecule has 5 heteroatoms. The summed E-state index contributed by atoms with van der Waals surface area (Å²) < 4.78 is 0. The van der Waals surface area contributed by atoms with E-state index in [1.54, 1.807) is 6.92 Å². The standard InChI is InChI=1S/C19H32N4O/c1-14(24)23-11-9-16-17(23)8-6-5-7-10-22(16)13-15-12-20-21-18(15)19(2,3)4/h12,16-17H,5-11,13H2,1-4H3,(H,20,21)/t16-,17+/m0/s1. The number of carbonyl (C=O) groups excluding carboxylic acids is 1. The van der Waals surface area contributed by atoms with Gasteiger partial charge in [-0.05, 0) is 25.8 Å². The summed E-state index contributed by atoms with van der Waals surface area (Å²) >= 11 is 0. The highest BCUT2D eigenvalue weighted by Gasteiger charge is 2.39. The molecule has 0 unspecified atom stereocenters. The van der Waals surface area contributed by atoms with Crippen LogP contribution in [0.3, 0.4) is 0 Å².